The molecule has 0 fully saturated rings. The van der Waals surface area contributed by atoms with Gasteiger partial charge in [0.15, 0.2) is 12.3 Å². The molecule has 0 saturated heterocycles. The van der Waals surface area contributed by atoms with Gasteiger partial charge in [0.1, 0.15) is 5.82 Å². The number of benzene rings is 2. The van der Waals surface area contributed by atoms with Crippen LogP contribution in [-0.4, -0.2) is 28.3 Å². The number of carbonyl (C=O) groups excluding carboxylic acids is 2. The Morgan fingerprint density at radius 3 is 2.62 bits per heavy atom. The third kappa shape index (κ3) is 4.60. The van der Waals surface area contributed by atoms with Crippen LogP contribution in [-0.2, 0) is 16.1 Å². The molecule has 3 rings (SSSR count). The number of amides is 1. The van der Waals surface area contributed by atoms with Crippen molar-refractivity contribution >= 4 is 39.9 Å². The van der Waals surface area contributed by atoms with Gasteiger partial charge in [0, 0.05) is 11.9 Å². The van der Waals surface area contributed by atoms with E-state index >= 15 is 0 Å². The van der Waals surface area contributed by atoms with Crippen molar-refractivity contribution in [3.8, 4) is 0 Å². The molecule has 0 spiro atoms. The first kappa shape index (κ1) is 20.5. The first-order chi connectivity index (χ1) is 13.9. The molecule has 0 aliphatic rings. The summed E-state index contributed by atoms with van der Waals surface area (Å²) in [6, 6.07) is 10.0. The Bertz CT molecular complexity index is 1150. The molecule has 0 radical (unpaired) electrons. The number of rotatable bonds is 6. The summed E-state index contributed by atoms with van der Waals surface area (Å²) in [7, 11) is 0. The van der Waals surface area contributed by atoms with Crippen molar-refractivity contribution < 1.29 is 18.7 Å². The molecule has 29 heavy (non-hydrogen) atoms. The molecule has 0 unspecified atom stereocenters. The molecule has 0 saturated carbocycles. The molecule has 2 aromatic carbocycles. The Kier molecular flexibility index (Phi) is 6.23. The van der Waals surface area contributed by atoms with Crippen molar-refractivity contribution in [2.75, 3.05) is 11.9 Å². The van der Waals surface area contributed by atoms with E-state index in [0.717, 1.165) is 12.1 Å². The smallest absolute Gasteiger partial charge is 0.359 e. The Balaban J connectivity index is 1.78. The zero-order valence-electron chi connectivity index (χ0n) is 15.4. The summed E-state index contributed by atoms with van der Waals surface area (Å²) in [5.41, 5.74) is -0.168. The van der Waals surface area contributed by atoms with Crippen molar-refractivity contribution in [1.29, 1.82) is 0 Å². The first-order valence-electron chi connectivity index (χ1n) is 8.82. The molecule has 1 N–H and O–H groups in total. The zero-order chi connectivity index (χ0) is 21.0. The first-order valence-corrected chi connectivity index (χ1v) is 9.20. The SMILES string of the molecule is CCCn1nc(C(=O)OCC(=O)Nc2ccc(F)cc2Cl)c2ccccc2c1=O. The quantitative estimate of drug-likeness (QED) is 0.621. The normalized spacial score (nSPS) is 10.7. The van der Waals surface area contributed by atoms with Crippen LogP contribution in [0.15, 0.2) is 47.3 Å². The van der Waals surface area contributed by atoms with Crippen molar-refractivity contribution in [3.63, 3.8) is 0 Å². The number of halogens is 2. The van der Waals surface area contributed by atoms with Gasteiger partial charge in [0.25, 0.3) is 11.5 Å². The standard InChI is InChI=1S/C20H17ClFN3O4/c1-2-9-25-19(27)14-6-4-3-5-13(14)18(24-25)20(28)29-11-17(26)23-16-8-7-12(22)10-15(16)21/h3-8,10H,2,9,11H2,1H3,(H,23,26). The predicted octanol–water partition coefficient (Wildman–Crippen LogP) is 3.39. The summed E-state index contributed by atoms with van der Waals surface area (Å²) >= 11 is 5.85. The van der Waals surface area contributed by atoms with E-state index in [1.165, 1.54) is 10.7 Å². The maximum absolute atomic E-state index is 13.1. The lowest BCUT2D eigenvalue weighted by atomic mass is 10.1. The van der Waals surface area contributed by atoms with Crippen LogP contribution in [0.3, 0.4) is 0 Å². The number of hydrogen-bond acceptors (Lipinski definition) is 5. The van der Waals surface area contributed by atoms with Crippen molar-refractivity contribution in [1.82, 2.24) is 9.78 Å². The van der Waals surface area contributed by atoms with Crippen molar-refractivity contribution in [2.24, 2.45) is 0 Å². The largest absolute Gasteiger partial charge is 0.451 e. The molecule has 3 aromatic rings. The van der Waals surface area contributed by atoms with Gasteiger partial charge in [-0.2, -0.15) is 5.10 Å². The number of ether oxygens (including phenoxy) is 1. The fourth-order valence-electron chi connectivity index (χ4n) is 2.73. The number of nitrogens with one attached hydrogen (secondary N) is 1. The fraction of sp³-hybridized carbons (Fsp3) is 0.200. The van der Waals surface area contributed by atoms with E-state index in [9.17, 15) is 18.8 Å². The van der Waals surface area contributed by atoms with Gasteiger partial charge in [0.2, 0.25) is 0 Å². The summed E-state index contributed by atoms with van der Waals surface area (Å²) in [6.07, 6.45) is 0.653. The topological polar surface area (TPSA) is 90.3 Å². The number of fused-ring (bicyclic) bond motifs is 1. The van der Waals surface area contributed by atoms with Crippen LogP contribution in [0.25, 0.3) is 10.8 Å². The summed E-state index contributed by atoms with van der Waals surface area (Å²) in [4.78, 5) is 37.1. The molecule has 0 bridgehead atoms. The Morgan fingerprint density at radius 1 is 1.21 bits per heavy atom. The van der Waals surface area contributed by atoms with Gasteiger partial charge >= 0.3 is 5.97 Å². The fourth-order valence-corrected chi connectivity index (χ4v) is 2.94. The number of hydrogen-bond donors (Lipinski definition) is 1. The minimum absolute atomic E-state index is 0.0176. The molecule has 0 aliphatic heterocycles. The molecular weight excluding hydrogens is 401 g/mol. The summed E-state index contributed by atoms with van der Waals surface area (Å²) in [5, 5.41) is 7.24. The summed E-state index contributed by atoms with van der Waals surface area (Å²) < 4.78 is 19.3. The van der Waals surface area contributed by atoms with E-state index in [1.807, 2.05) is 6.92 Å². The second-order valence-electron chi connectivity index (χ2n) is 6.17. The monoisotopic (exact) mass is 417 g/mol. The molecule has 9 heteroatoms. The molecule has 1 aromatic heterocycles. The number of aryl methyl sites for hydroxylation is 1. The summed E-state index contributed by atoms with van der Waals surface area (Å²) in [6.45, 7) is 1.62. The van der Waals surface area contributed by atoms with Crippen LogP contribution in [0.4, 0.5) is 10.1 Å². The second-order valence-corrected chi connectivity index (χ2v) is 6.58. The van der Waals surface area contributed by atoms with Gasteiger partial charge in [0.05, 0.1) is 16.1 Å². The third-order valence-corrected chi connectivity index (χ3v) is 4.35. The van der Waals surface area contributed by atoms with Crippen LogP contribution in [0.5, 0.6) is 0 Å². The van der Waals surface area contributed by atoms with Gasteiger partial charge in [-0.3, -0.25) is 9.59 Å². The highest BCUT2D eigenvalue weighted by atomic mass is 35.5. The summed E-state index contributed by atoms with van der Waals surface area (Å²) in [5.74, 6) is -2.04. The minimum Gasteiger partial charge on any atom is -0.451 e. The molecule has 0 atom stereocenters. The van der Waals surface area contributed by atoms with Gasteiger partial charge < -0.3 is 10.1 Å². The van der Waals surface area contributed by atoms with Crippen LogP contribution in [0, 0.1) is 5.82 Å². The number of nitrogens with zero attached hydrogens (tertiary/aromatic N) is 2. The third-order valence-electron chi connectivity index (χ3n) is 4.04. The predicted molar refractivity (Wildman–Crippen MR) is 107 cm³/mol. The lowest BCUT2D eigenvalue weighted by molar-refractivity contribution is -0.119. The van der Waals surface area contributed by atoms with E-state index in [2.05, 4.69) is 10.4 Å². The molecular formula is C20H17ClFN3O4. The number of esters is 1. The highest BCUT2D eigenvalue weighted by molar-refractivity contribution is 6.33. The Morgan fingerprint density at radius 2 is 1.93 bits per heavy atom. The highest BCUT2D eigenvalue weighted by Crippen LogP contribution is 2.22. The van der Waals surface area contributed by atoms with Crippen molar-refractivity contribution in [3.05, 3.63) is 69.4 Å². The van der Waals surface area contributed by atoms with Gasteiger partial charge in [-0.1, -0.05) is 36.7 Å². The second kappa shape index (κ2) is 8.83. The van der Waals surface area contributed by atoms with Gasteiger partial charge in [-0.25, -0.2) is 13.9 Å². The Labute approximate surface area is 170 Å². The number of anilines is 1. The molecule has 150 valence electrons. The minimum atomic E-state index is -0.841. The average Bonchev–Trinajstić information content (AvgIpc) is 2.70. The number of carbonyl (C=O) groups is 2. The molecule has 1 amide bonds. The maximum atomic E-state index is 13.1. The van der Waals surface area contributed by atoms with E-state index in [0.29, 0.717) is 23.7 Å². The van der Waals surface area contributed by atoms with E-state index < -0.39 is 24.3 Å². The number of aromatic nitrogens is 2. The van der Waals surface area contributed by atoms with Crippen LogP contribution >= 0.6 is 11.6 Å². The van der Waals surface area contributed by atoms with E-state index in [1.54, 1.807) is 24.3 Å². The van der Waals surface area contributed by atoms with E-state index in [4.69, 9.17) is 16.3 Å². The van der Waals surface area contributed by atoms with Gasteiger partial charge in [-0.05, 0) is 30.7 Å². The van der Waals surface area contributed by atoms with Crippen LogP contribution in [0.2, 0.25) is 5.02 Å². The maximum Gasteiger partial charge on any atom is 0.359 e. The molecule has 0 aliphatic carbocycles. The average molecular weight is 418 g/mol. The Hall–Kier alpha value is -3.26. The lowest BCUT2D eigenvalue weighted by Crippen LogP contribution is -2.27. The van der Waals surface area contributed by atoms with E-state index in [-0.39, 0.29) is 22.0 Å². The molecule has 7 nitrogen and oxygen atoms in total. The van der Waals surface area contributed by atoms with Crippen LogP contribution in [0.1, 0.15) is 23.8 Å². The van der Waals surface area contributed by atoms with Crippen LogP contribution < -0.4 is 10.9 Å². The van der Waals surface area contributed by atoms with Gasteiger partial charge in [-0.15, -0.1) is 0 Å². The molecule has 1 heterocycles. The highest BCUT2D eigenvalue weighted by Gasteiger charge is 2.19. The van der Waals surface area contributed by atoms with Crippen molar-refractivity contribution in [2.45, 2.75) is 19.9 Å². The lowest BCUT2D eigenvalue weighted by Gasteiger charge is -2.11. The zero-order valence-corrected chi connectivity index (χ0v) is 16.2.